The van der Waals surface area contributed by atoms with Gasteiger partial charge < -0.3 is 5.73 Å². The summed E-state index contributed by atoms with van der Waals surface area (Å²) in [4.78, 5) is 12.2. The second kappa shape index (κ2) is 6.85. The van der Waals surface area contributed by atoms with Crippen LogP contribution in [0.15, 0.2) is 59.8 Å². The van der Waals surface area contributed by atoms with Crippen LogP contribution < -0.4 is 5.73 Å². The van der Waals surface area contributed by atoms with Crippen molar-refractivity contribution in [3.63, 3.8) is 0 Å². The lowest BCUT2D eigenvalue weighted by atomic mass is 10.1. The minimum absolute atomic E-state index is 0.00662. The van der Waals surface area contributed by atoms with E-state index in [1.165, 1.54) is 11.8 Å². The fraction of sp³-hybridized carbons (Fsp3) is 0.0625. The number of hydrogen-bond donors (Lipinski definition) is 1. The van der Waals surface area contributed by atoms with Crippen molar-refractivity contribution < 1.29 is 4.79 Å². The molecule has 0 spiro atoms. The Morgan fingerprint density at radius 2 is 1.78 bits per heavy atom. The van der Waals surface area contributed by atoms with Crippen LogP contribution in [0.4, 0.5) is 5.95 Å². The van der Waals surface area contributed by atoms with Crippen LogP contribution in [-0.2, 0) is 0 Å². The minimum atomic E-state index is -0.00662. The summed E-state index contributed by atoms with van der Waals surface area (Å²) in [7, 11) is 0. The number of anilines is 1. The number of benzene rings is 2. The lowest BCUT2D eigenvalue weighted by molar-refractivity contribution is 0.102. The summed E-state index contributed by atoms with van der Waals surface area (Å²) < 4.78 is 1.72. The van der Waals surface area contributed by atoms with Crippen molar-refractivity contribution in [2.24, 2.45) is 0 Å². The number of rotatable bonds is 5. The molecule has 0 aliphatic rings. The predicted octanol–water partition coefficient (Wildman–Crippen LogP) is 3.48. The zero-order chi connectivity index (χ0) is 16.2. The molecule has 0 amide bonds. The first-order chi connectivity index (χ1) is 11.1. The van der Waals surface area contributed by atoms with Gasteiger partial charge in [-0.1, -0.05) is 41.6 Å². The van der Waals surface area contributed by atoms with Crippen molar-refractivity contribution in [3.05, 3.63) is 65.2 Å². The summed E-state index contributed by atoms with van der Waals surface area (Å²) in [6, 6.07) is 16.4. The average molecular weight is 345 g/mol. The smallest absolute Gasteiger partial charge is 0.227 e. The molecule has 3 rings (SSSR count). The Hall–Kier alpha value is -2.31. The Labute approximate surface area is 142 Å². The van der Waals surface area contributed by atoms with Crippen LogP contribution >= 0.6 is 23.4 Å². The summed E-state index contributed by atoms with van der Waals surface area (Å²) in [6.45, 7) is 0. The van der Waals surface area contributed by atoms with Gasteiger partial charge in [-0.2, -0.15) is 0 Å². The number of nitrogens with two attached hydrogens (primary N) is 1. The quantitative estimate of drug-likeness (QED) is 0.566. The molecule has 3 aromatic rings. The molecule has 0 radical (unpaired) electrons. The SMILES string of the molecule is Nc1nnc(SCC(=O)c2ccc(Cl)cc2)n1-c1ccccc1. The third-order valence-corrected chi connectivity index (χ3v) is 4.35. The van der Waals surface area contributed by atoms with Crippen molar-refractivity contribution in [2.45, 2.75) is 5.16 Å². The lowest BCUT2D eigenvalue weighted by Crippen LogP contribution is -2.05. The molecule has 0 atom stereocenters. The molecule has 2 N–H and O–H groups in total. The van der Waals surface area contributed by atoms with E-state index in [1.54, 1.807) is 28.8 Å². The maximum Gasteiger partial charge on any atom is 0.227 e. The van der Waals surface area contributed by atoms with Gasteiger partial charge in [-0.05, 0) is 36.4 Å². The molecule has 5 nitrogen and oxygen atoms in total. The number of carbonyl (C=O) groups excluding carboxylic acids is 1. The van der Waals surface area contributed by atoms with Crippen LogP contribution in [0.1, 0.15) is 10.4 Å². The third-order valence-electron chi connectivity index (χ3n) is 3.17. The molecule has 2 aromatic carbocycles. The van der Waals surface area contributed by atoms with Crippen LogP contribution in [0.3, 0.4) is 0 Å². The van der Waals surface area contributed by atoms with E-state index in [0.29, 0.717) is 15.7 Å². The van der Waals surface area contributed by atoms with Crippen molar-refractivity contribution in [1.29, 1.82) is 0 Å². The zero-order valence-corrected chi connectivity index (χ0v) is 13.6. The summed E-state index contributed by atoms with van der Waals surface area (Å²) in [5.41, 5.74) is 7.35. The van der Waals surface area contributed by atoms with Crippen LogP contribution in [-0.4, -0.2) is 26.3 Å². The van der Waals surface area contributed by atoms with Gasteiger partial charge in [-0.15, -0.1) is 10.2 Å². The number of para-hydroxylation sites is 1. The average Bonchev–Trinajstić information content (AvgIpc) is 2.95. The molecule has 0 aliphatic heterocycles. The second-order valence-electron chi connectivity index (χ2n) is 4.73. The molecule has 0 bridgehead atoms. The molecule has 1 aromatic heterocycles. The number of hydrogen-bond acceptors (Lipinski definition) is 5. The largest absolute Gasteiger partial charge is 0.368 e. The van der Waals surface area contributed by atoms with Gasteiger partial charge in [0.25, 0.3) is 0 Å². The first-order valence-corrected chi connectivity index (χ1v) is 8.19. The number of nitrogen functional groups attached to an aromatic ring is 1. The number of carbonyl (C=O) groups is 1. The van der Waals surface area contributed by atoms with Gasteiger partial charge in [0, 0.05) is 10.6 Å². The summed E-state index contributed by atoms with van der Waals surface area (Å²) in [5, 5.41) is 9.13. The highest BCUT2D eigenvalue weighted by atomic mass is 35.5. The monoisotopic (exact) mass is 344 g/mol. The molecule has 1 heterocycles. The Kier molecular flexibility index (Phi) is 4.64. The van der Waals surface area contributed by atoms with Gasteiger partial charge in [-0.3, -0.25) is 9.36 Å². The Balaban J connectivity index is 1.77. The van der Waals surface area contributed by atoms with E-state index in [2.05, 4.69) is 10.2 Å². The molecule has 116 valence electrons. The molecule has 23 heavy (non-hydrogen) atoms. The summed E-state index contributed by atoms with van der Waals surface area (Å²) >= 11 is 7.13. The van der Waals surface area contributed by atoms with E-state index < -0.39 is 0 Å². The van der Waals surface area contributed by atoms with Crippen LogP contribution in [0.5, 0.6) is 0 Å². The second-order valence-corrected chi connectivity index (χ2v) is 6.11. The summed E-state index contributed by atoms with van der Waals surface area (Å²) in [5.74, 6) is 0.526. The van der Waals surface area contributed by atoms with E-state index in [9.17, 15) is 4.79 Å². The van der Waals surface area contributed by atoms with Crippen molar-refractivity contribution >= 4 is 35.1 Å². The van der Waals surface area contributed by atoms with E-state index in [4.69, 9.17) is 17.3 Å². The van der Waals surface area contributed by atoms with E-state index in [1.807, 2.05) is 30.3 Å². The van der Waals surface area contributed by atoms with E-state index in [-0.39, 0.29) is 17.5 Å². The highest BCUT2D eigenvalue weighted by Crippen LogP contribution is 2.24. The number of thioether (sulfide) groups is 1. The highest BCUT2D eigenvalue weighted by molar-refractivity contribution is 7.99. The fourth-order valence-corrected chi connectivity index (χ4v) is 3.02. The van der Waals surface area contributed by atoms with Crippen LogP contribution in [0.25, 0.3) is 5.69 Å². The number of Topliss-reactive ketones (excluding diaryl/α,β-unsaturated/α-hetero) is 1. The molecular formula is C16H13ClN4OS. The van der Waals surface area contributed by atoms with E-state index >= 15 is 0 Å². The highest BCUT2D eigenvalue weighted by Gasteiger charge is 2.14. The number of nitrogens with zero attached hydrogens (tertiary/aromatic N) is 3. The topological polar surface area (TPSA) is 73.8 Å². The summed E-state index contributed by atoms with van der Waals surface area (Å²) in [6.07, 6.45) is 0. The van der Waals surface area contributed by atoms with E-state index in [0.717, 1.165) is 5.69 Å². The molecule has 7 heteroatoms. The minimum Gasteiger partial charge on any atom is -0.368 e. The van der Waals surface area contributed by atoms with Gasteiger partial charge in [0.15, 0.2) is 10.9 Å². The Morgan fingerprint density at radius 1 is 1.09 bits per heavy atom. The number of ketones is 1. The Bertz CT molecular complexity index is 818. The van der Waals surface area contributed by atoms with Gasteiger partial charge in [0.05, 0.1) is 11.4 Å². The van der Waals surface area contributed by atoms with Gasteiger partial charge in [0.2, 0.25) is 5.95 Å². The third kappa shape index (κ3) is 3.55. The van der Waals surface area contributed by atoms with Crippen LogP contribution in [0.2, 0.25) is 5.02 Å². The first-order valence-electron chi connectivity index (χ1n) is 6.83. The lowest BCUT2D eigenvalue weighted by Gasteiger charge is -2.07. The molecule has 0 unspecified atom stereocenters. The molecule has 0 saturated heterocycles. The zero-order valence-electron chi connectivity index (χ0n) is 12.0. The molecule has 0 aliphatic carbocycles. The van der Waals surface area contributed by atoms with Gasteiger partial charge >= 0.3 is 0 Å². The molecule has 0 fully saturated rings. The molecule has 0 saturated carbocycles. The normalized spacial score (nSPS) is 10.7. The standard InChI is InChI=1S/C16H13ClN4OS/c17-12-8-6-11(7-9-12)14(22)10-23-16-20-19-15(18)21(16)13-4-2-1-3-5-13/h1-9H,10H2,(H2,18,19). The maximum atomic E-state index is 12.2. The number of aromatic nitrogens is 3. The van der Waals surface area contributed by atoms with Crippen molar-refractivity contribution in [2.75, 3.05) is 11.5 Å². The number of halogens is 1. The maximum absolute atomic E-state index is 12.2. The van der Waals surface area contributed by atoms with Crippen molar-refractivity contribution in [1.82, 2.24) is 14.8 Å². The first kappa shape index (κ1) is 15.6. The van der Waals surface area contributed by atoms with Gasteiger partial charge in [-0.25, -0.2) is 0 Å². The predicted molar refractivity (Wildman–Crippen MR) is 92.3 cm³/mol. The van der Waals surface area contributed by atoms with Crippen molar-refractivity contribution in [3.8, 4) is 5.69 Å². The fourth-order valence-electron chi connectivity index (χ4n) is 2.04. The van der Waals surface area contributed by atoms with Crippen LogP contribution in [0, 0.1) is 0 Å². The van der Waals surface area contributed by atoms with Gasteiger partial charge in [0.1, 0.15) is 0 Å². The Morgan fingerprint density at radius 3 is 2.48 bits per heavy atom. The molecular weight excluding hydrogens is 332 g/mol.